The van der Waals surface area contributed by atoms with Gasteiger partial charge in [-0.05, 0) is 18.7 Å². The Kier molecular flexibility index (Phi) is 8.82. The Labute approximate surface area is 171 Å². The predicted molar refractivity (Wildman–Crippen MR) is 109 cm³/mol. The zero-order valence-electron chi connectivity index (χ0n) is 16.2. The first kappa shape index (κ1) is 22.3. The summed E-state index contributed by atoms with van der Waals surface area (Å²) in [5.74, 6) is 1.39. The number of likely N-dealkylation sites (N-methyl/N-ethyl adjacent to an activating group) is 1. The number of rotatable bonds is 7. The van der Waals surface area contributed by atoms with Crippen molar-refractivity contribution in [2.75, 3.05) is 64.3 Å². The van der Waals surface area contributed by atoms with Crippen LogP contribution in [0.5, 0.6) is 11.5 Å². The summed E-state index contributed by atoms with van der Waals surface area (Å²) < 4.78 is 11.0. The van der Waals surface area contributed by atoms with Crippen molar-refractivity contribution in [3.05, 3.63) is 18.2 Å². The van der Waals surface area contributed by atoms with Crippen LogP contribution in [0, 0.1) is 0 Å². The zero-order valence-corrected chi connectivity index (χ0v) is 17.1. The maximum Gasteiger partial charge on any atom is 0.238 e. The van der Waals surface area contributed by atoms with Crippen LogP contribution in [0.4, 0.5) is 5.69 Å². The van der Waals surface area contributed by atoms with E-state index < -0.39 is 0 Å². The van der Waals surface area contributed by atoms with Gasteiger partial charge in [-0.3, -0.25) is 14.5 Å². The van der Waals surface area contributed by atoms with Crippen molar-refractivity contribution in [1.29, 1.82) is 0 Å². The normalized spacial score (nSPS) is 15.7. The molecule has 156 valence electrons. The van der Waals surface area contributed by atoms with E-state index in [9.17, 15) is 9.59 Å². The van der Waals surface area contributed by atoms with Crippen LogP contribution in [-0.4, -0.2) is 80.6 Å². The van der Waals surface area contributed by atoms with E-state index in [-0.39, 0.29) is 30.8 Å². The number of nitrogens with one attached hydrogen (secondary N) is 2. The molecule has 1 aromatic rings. The Morgan fingerprint density at radius 1 is 1.18 bits per heavy atom. The van der Waals surface area contributed by atoms with Crippen LogP contribution >= 0.6 is 12.4 Å². The summed E-state index contributed by atoms with van der Waals surface area (Å²) in [5.41, 5.74) is 0.678. The highest BCUT2D eigenvalue weighted by atomic mass is 35.5. The Morgan fingerprint density at radius 2 is 1.89 bits per heavy atom. The Balaban J connectivity index is 0.00000280. The summed E-state index contributed by atoms with van der Waals surface area (Å²) in [6.07, 6.45) is 0.436. The fraction of sp³-hybridized carbons (Fsp3) is 0.579. The minimum absolute atomic E-state index is 0. The summed E-state index contributed by atoms with van der Waals surface area (Å²) >= 11 is 0. The van der Waals surface area contributed by atoms with E-state index >= 15 is 0 Å². The van der Waals surface area contributed by atoms with E-state index in [0.29, 0.717) is 49.9 Å². The van der Waals surface area contributed by atoms with Gasteiger partial charge in [0.2, 0.25) is 11.8 Å². The first-order valence-electron chi connectivity index (χ1n) is 9.56. The average Bonchev–Trinajstić information content (AvgIpc) is 2.71. The largest absolute Gasteiger partial charge is 0.486 e. The monoisotopic (exact) mass is 412 g/mol. The van der Waals surface area contributed by atoms with Crippen molar-refractivity contribution in [3.8, 4) is 11.5 Å². The molecule has 0 bridgehead atoms. The number of fused-ring (bicyclic) bond motifs is 1. The molecular formula is C19H29ClN4O4. The molecule has 2 heterocycles. The molecule has 0 aromatic heterocycles. The lowest BCUT2D eigenvalue weighted by molar-refractivity contribution is -0.132. The first-order valence-corrected chi connectivity index (χ1v) is 9.56. The summed E-state index contributed by atoms with van der Waals surface area (Å²) in [6.45, 7) is 7.79. The molecule has 2 aliphatic rings. The number of benzene rings is 1. The van der Waals surface area contributed by atoms with E-state index in [0.717, 1.165) is 26.2 Å². The van der Waals surface area contributed by atoms with Crippen LogP contribution < -0.4 is 20.1 Å². The molecule has 9 heteroatoms. The first-order chi connectivity index (χ1) is 13.2. The van der Waals surface area contributed by atoms with Crippen molar-refractivity contribution in [2.45, 2.75) is 13.3 Å². The molecular weight excluding hydrogens is 384 g/mol. The number of amides is 2. The molecule has 0 saturated carbocycles. The molecule has 0 atom stereocenters. The maximum atomic E-state index is 12.4. The lowest BCUT2D eigenvalue weighted by Crippen LogP contribution is -2.47. The van der Waals surface area contributed by atoms with Gasteiger partial charge >= 0.3 is 0 Å². The molecule has 1 fully saturated rings. The van der Waals surface area contributed by atoms with Crippen molar-refractivity contribution in [1.82, 2.24) is 15.1 Å². The Hall–Kier alpha value is -2.03. The molecule has 0 radical (unpaired) electrons. The third-order valence-corrected chi connectivity index (χ3v) is 4.75. The minimum Gasteiger partial charge on any atom is -0.486 e. The lowest BCUT2D eigenvalue weighted by Gasteiger charge is -2.28. The van der Waals surface area contributed by atoms with Crippen molar-refractivity contribution in [2.24, 2.45) is 0 Å². The van der Waals surface area contributed by atoms with Gasteiger partial charge in [-0.25, -0.2) is 0 Å². The molecule has 1 aromatic carbocycles. The molecule has 28 heavy (non-hydrogen) atoms. The molecule has 0 unspecified atom stereocenters. The van der Waals surface area contributed by atoms with E-state index in [1.807, 2.05) is 16.7 Å². The molecule has 8 nitrogen and oxygen atoms in total. The van der Waals surface area contributed by atoms with Crippen LogP contribution in [-0.2, 0) is 9.59 Å². The molecule has 3 rings (SSSR count). The van der Waals surface area contributed by atoms with E-state index in [1.165, 1.54) is 0 Å². The van der Waals surface area contributed by atoms with Gasteiger partial charge < -0.3 is 25.0 Å². The number of hydrogen-bond donors (Lipinski definition) is 2. The average molecular weight is 413 g/mol. The van der Waals surface area contributed by atoms with Gasteiger partial charge in [-0.15, -0.1) is 12.4 Å². The molecule has 2 aliphatic heterocycles. The fourth-order valence-electron chi connectivity index (χ4n) is 3.20. The van der Waals surface area contributed by atoms with Gasteiger partial charge in [-0.2, -0.15) is 0 Å². The number of halogens is 1. The third-order valence-electron chi connectivity index (χ3n) is 4.75. The second kappa shape index (κ2) is 11.1. The van der Waals surface area contributed by atoms with Crippen LogP contribution in [0.3, 0.4) is 0 Å². The minimum atomic E-state index is -0.108. The quantitative estimate of drug-likeness (QED) is 0.694. The maximum absolute atomic E-state index is 12.4. The van der Waals surface area contributed by atoms with E-state index in [4.69, 9.17) is 9.47 Å². The van der Waals surface area contributed by atoms with Crippen LogP contribution in [0.25, 0.3) is 0 Å². The van der Waals surface area contributed by atoms with Gasteiger partial charge in [0, 0.05) is 50.9 Å². The van der Waals surface area contributed by atoms with Crippen molar-refractivity contribution in [3.63, 3.8) is 0 Å². The molecule has 2 amide bonds. The van der Waals surface area contributed by atoms with Gasteiger partial charge in [0.05, 0.1) is 6.54 Å². The number of nitrogens with zero attached hydrogens (tertiary/aromatic N) is 2. The molecule has 2 N–H and O–H groups in total. The standard InChI is InChI=1S/C19H28N4O4.ClH/c1-2-22(8-5-19(25)23-9-6-20-7-10-23)14-18(24)21-15-3-4-16-17(13-15)27-12-11-26-16;/h3-4,13,20H,2,5-12,14H2,1H3,(H,21,24);1H. The number of hydrogen-bond acceptors (Lipinski definition) is 6. The zero-order chi connectivity index (χ0) is 19.1. The highest BCUT2D eigenvalue weighted by Gasteiger charge is 2.18. The summed E-state index contributed by atoms with van der Waals surface area (Å²) in [7, 11) is 0. The second-order valence-corrected chi connectivity index (χ2v) is 6.66. The van der Waals surface area contributed by atoms with Gasteiger partial charge in [0.15, 0.2) is 11.5 Å². The predicted octanol–water partition coefficient (Wildman–Crippen LogP) is 0.962. The van der Waals surface area contributed by atoms with Gasteiger partial charge in [-0.1, -0.05) is 6.92 Å². The van der Waals surface area contributed by atoms with Gasteiger partial charge in [0.25, 0.3) is 0 Å². The van der Waals surface area contributed by atoms with Crippen molar-refractivity contribution >= 4 is 29.9 Å². The number of carbonyl (C=O) groups is 2. The number of carbonyl (C=O) groups excluding carboxylic acids is 2. The topological polar surface area (TPSA) is 83.1 Å². The summed E-state index contributed by atoms with van der Waals surface area (Å²) in [5, 5.41) is 6.13. The molecule has 0 aliphatic carbocycles. The Morgan fingerprint density at radius 3 is 2.61 bits per heavy atom. The third kappa shape index (κ3) is 6.25. The van der Waals surface area contributed by atoms with Crippen LogP contribution in [0.2, 0.25) is 0 Å². The Bertz CT molecular complexity index is 667. The fourth-order valence-corrected chi connectivity index (χ4v) is 3.20. The lowest BCUT2D eigenvalue weighted by atomic mass is 10.2. The highest BCUT2D eigenvalue weighted by Crippen LogP contribution is 2.32. The smallest absolute Gasteiger partial charge is 0.238 e. The number of anilines is 1. The molecule has 0 spiro atoms. The summed E-state index contributed by atoms with van der Waals surface area (Å²) in [6, 6.07) is 5.38. The van der Waals surface area contributed by atoms with Crippen molar-refractivity contribution < 1.29 is 19.1 Å². The van der Waals surface area contributed by atoms with Crippen LogP contribution in [0.1, 0.15) is 13.3 Å². The van der Waals surface area contributed by atoms with E-state index in [1.54, 1.807) is 18.2 Å². The van der Waals surface area contributed by atoms with Crippen LogP contribution in [0.15, 0.2) is 18.2 Å². The van der Waals surface area contributed by atoms with E-state index in [2.05, 4.69) is 10.6 Å². The summed E-state index contributed by atoms with van der Waals surface area (Å²) in [4.78, 5) is 28.5. The second-order valence-electron chi connectivity index (χ2n) is 6.66. The highest BCUT2D eigenvalue weighted by molar-refractivity contribution is 5.92. The SMILES string of the molecule is CCN(CCC(=O)N1CCNCC1)CC(=O)Nc1ccc2c(c1)OCCO2.Cl. The van der Waals surface area contributed by atoms with Gasteiger partial charge in [0.1, 0.15) is 13.2 Å². The number of piperazine rings is 1. The number of ether oxygens (including phenoxy) is 2. The molecule has 1 saturated heterocycles.